The number of hydrogen-bond acceptors (Lipinski definition) is 2. The molecule has 0 aliphatic carbocycles. The molecule has 3 heteroatoms. The molecule has 0 aromatic heterocycles. The maximum Gasteiger partial charge on any atom is 0.169 e. The molecule has 1 heterocycles. The van der Waals surface area contributed by atoms with Crippen LogP contribution >= 0.6 is 0 Å². The number of ketones is 1. The van der Waals surface area contributed by atoms with Crippen molar-refractivity contribution >= 4 is 17.2 Å². The van der Waals surface area contributed by atoms with Crippen LogP contribution in [0, 0.1) is 19.7 Å². The summed E-state index contributed by atoms with van der Waals surface area (Å²) in [5.74, 6) is -0.233. The van der Waals surface area contributed by atoms with Gasteiger partial charge in [0.1, 0.15) is 5.82 Å². The van der Waals surface area contributed by atoms with E-state index in [4.69, 9.17) is 0 Å². The van der Waals surface area contributed by atoms with Gasteiger partial charge >= 0.3 is 0 Å². The number of carbonyl (C=O) groups is 1. The Bertz CT molecular complexity index is 691. The first kappa shape index (κ1) is 11.9. The Labute approximate surface area is 111 Å². The molecule has 0 bridgehead atoms. The number of Topliss-reactive ketones (excluding diaryl/α,β-unsaturated/α-hetero) is 1. The highest BCUT2D eigenvalue weighted by molar-refractivity contribution is 6.06. The summed E-state index contributed by atoms with van der Waals surface area (Å²) in [6, 6.07) is 8.30. The van der Waals surface area contributed by atoms with Gasteiger partial charge < -0.3 is 5.32 Å². The van der Waals surface area contributed by atoms with E-state index in [2.05, 4.69) is 5.32 Å². The zero-order valence-corrected chi connectivity index (χ0v) is 10.9. The van der Waals surface area contributed by atoms with Crippen LogP contribution in [0.1, 0.15) is 27.0 Å². The molecule has 2 aromatic rings. The first-order chi connectivity index (χ1) is 9.06. The highest BCUT2D eigenvalue weighted by atomic mass is 19.1. The molecular formula is C16H14FNO. The molecule has 96 valence electrons. The van der Waals surface area contributed by atoms with Crippen molar-refractivity contribution in [2.75, 3.05) is 5.32 Å². The Hall–Kier alpha value is -2.16. The van der Waals surface area contributed by atoms with Crippen molar-refractivity contribution in [2.45, 2.75) is 20.3 Å². The average Bonchev–Trinajstić information content (AvgIpc) is 2.51. The normalized spacial score (nSPS) is 13.3. The largest absolute Gasteiger partial charge is 0.354 e. The highest BCUT2D eigenvalue weighted by Crippen LogP contribution is 2.33. The topological polar surface area (TPSA) is 29.1 Å². The van der Waals surface area contributed by atoms with E-state index >= 15 is 0 Å². The van der Waals surface area contributed by atoms with Gasteiger partial charge in [-0.15, -0.1) is 0 Å². The summed E-state index contributed by atoms with van der Waals surface area (Å²) in [6.07, 6.45) is 0.304. The molecule has 0 saturated carbocycles. The fourth-order valence-electron chi connectivity index (χ4n) is 2.43. The summed E-state index contributed by atoms with van der Waals surface area (Å²) in [5.41, 5.74) is 5.14. The lowest BCUT2D eigenvalue weighted by molar-refractivity contribution is 0.0994. The predicted octanol–water partition coefficient (Wildman–Crippen LogP) is 3.92. The average molecular weight is 255 g/mol. The van der Waals surface area contributed by atoms with Gasteiger partial charge in [0, 0.05) is 17.7 Å². The van der Waals surface area contributed by atoms with E-state index in [1.807, 2.05) is 26.0 Å². The zero-order chi connectivity index (χ0) is 13.6. The van der Waals surface area contributed by atoms with Gasteiger partial charge in [-0.3, -0.25) is 4.79 Å². The Morgan fingerprint density at radius 3 is 2.74 bits per heavy atom. The number of carbonyl (C=O) groups excluding carboxylic acids is 1. The smallest absolute Gasteiger partial charge is 0.169 e. The van der Waals surface area contributed by atoms with Gasteiger partial charge in [-0.25, -0.2) is 4.39 Å². The van der Waals surface area contributed by atoms with Crippen molar-refractivity contribution in [2.24, 2.45) is 0 Å². The number of benzene rings is 2. The van der Waals surface area contributed by atoms with Crippen LogP contribution in [0.25, 0.3) is 0 Å². The molecule has 2 aromatic carbocycles. The number of nitrogens with one attached hydrogen (secondary N) is 1. The van der Waals surface area contributed by atoms with Gasteiger partial charge in [0.2, 0.25) is 0 Å². The summed E-state index contributed by atoms with van der Waals surface area (Å²) in [4.78, 5) is 12.3. The van der Waals surface area contributed by atoms with Crippen LogP contribution in [0.2, 0.25) is 0 Å². The molecule has 1 N–H and O–H groups in total. The van der Waals surface area contributed by atoms with Crippen LogP contribution in [0.5, 0.6) is 0 Å². The van der Waals surface area contributed by atoms with Crippen molar-refractivity contribution in [1.29, 1.82) is 0 Å². The molecule has 1 aliphatic heterocycles. The van der Waals surface area contributed by atoms with Gasteiger partial charge in [0.25, 0.3) is 0 Å². The maximum atomic E-state index is 13.4. The molecule has 2 nitrogen and oxygen atoms in total. The van der Waals surface area contributed by atoms with Crippen LogP contribution in [-0.2, 0) is 6.42 Å². The predicted molar refractivity (Wildman–Crippen MR) is 73.6 cm³/mol. The van der Waals surface area contributed by atoms with Crippen molar-refractivity contribution in [3.8, 4) is 0 Å². The van der Waals surface area contributed by atoms with E-state index in [9.17, 15) is 9.18 Å². The van der Waals surface area contributed by atoms with Gasteiger partial charge in [0.15, 0.2) is 5.78 Å². The standard InChI is InChI=1S/C16H14FNO/c1-9-3-6-13-15(19)7-11-4-5-12(17)8-14(11)18-16(13)10(9)2/h3-6,8,18H,7H2,1-2H3. The van der Waals surface area contributed by atoms with Crippen LogP contribution in [0.4, 0.5) is 15.8 Å². The lowest BCUT2D eigenvalue weighted by Crippen LogP contribution is -2.04. The van der Waals surface area contributed by atoms with Crippen LogP contribution in [-0.4, -0.2) is 5.78 Å². The van der Waals surface area contributed by atoms with Crippen molar-refractivity contribution in [1.82, 2.24) is 0 Å². The number of aryl methyl sites for hydroxylation is 1. The van der Waals surface area contributed by atoms with Gasteiger partial charge in [0.05, 0.1) is 5.69 Å². The molecule has 0 saturated heterocycles. The number of rotatable bonds is 0. The molecule has 0 fully saturated rings. The monoisotopic (exact) mass is 255 g/mol. The van der Waals surface area contributed by atoms with Crippen molar-refractivity contribution in [3.63, 3.8) is 0 Å². The summed E-state index contributed by atoms with van der Waals surface area (Å²) in [5, 5.41) is 3.22. The number of anilines is 2. The second-order valence-corrected chi connectivity index (χ2v) is 4.96. The maximum absolute atomic E-state index is 13.4. The second kappa shape index (κ2) is 4.19. The molecule has 0 radical (unpaired) electrons. The molecular weight excluding hydrogens is 241 g/mol. The Morgan fingerprint density at radius 2 is 1.95 bits per heavy atom. The van der Waals surface area contributed by atoms with Gasteiger partial charge in [-0.2, -0.15) is 0 Å². The number of halogens is 1. The van der Waals surface area contributed by atoms with E-state index in [0.29, 0.717) is 17.7 Å². The minimum absolute atomic E-state index is 0.0657. The molecule has 0 spiro atoms. The number of fused-ring (bicyclic) bond motifs is 2. The summed E-state index contributed by atoms with van der Waals surface area (Å²) in [7, 11) is 0. The zero-order valence-electron chi connectivity index (χ0n) is 10.9. The van der Waals surface area contributed by atoms with Gasteiger partial charge in [-0.05, 0) is 48.7 Å². The molecule has 0 atom stereocenters. The fraction of sp³-hybridized carbons (Fsp3) is 0.188. The molecule has 1 aliphatic rings. The minimum Gasteiger partial charge on any atom is -0.354 e. The van der Waals surface area contributed by atoms with Crippen LogP contribution in [0.15, 0.2) is 30.3 Å². The fourth-order valence-corrected chi connectivity index (χ4v) is 2.43. The lowest BCUT2D eigenvalue weighted by atomic mass is 9.98. The summed E-state index contributed by atoms with van der Waals surface area (Å²) in [6.45, 7) is 3.97. The van der Waals surface area contributed by atoms with E-state index in [0.717, 1.165) is 22.4 Å². The minimum atomic E-state index is -0.299. The third-order valence-corrected chi connectivity index (χ3v) is 3.72. The first-order valence-corrected chi connectivity index (χ1v) is 6.25. The molecule has 0 amide bonds. The summed E-state index contributed by atoms with van der Waals surface area (Å²) < 4.78 is 13.4. The Kier molecular flexibility index (Phi) is 2.63. The third kappa shape index (κ3) is 1.91. The van der Waals surface area contributed by atoms with E-state index in [1.165, 1.54) is 12.1 Å². The van der Waals surface area contributed by atoms with E-state index in [-0.39, 0.29) is 11.6 Å². The lowest BCUT2D eigenvalue weighted by Gasteiger charge is -2.13. The summed E-state index contributed by atoms with van der Waals surface area (Å²) >= 11 is 0. The quantitative estimate of drug-likeness (QED) is 0.773. The third-order valence-electron chi connectivity index (χ3n) is 3.72. The van der Waals surface area contributed by atoms with Crippen molar-refractivity contribution < 1.29 is 9.18 Å². The Balaban J connectivity index is 2.23. The SMILES string of the molecule is Cc1ccc2c(c1C)Nc1cc(F)ccc1CC2=O. The first-order valence-electron chi connectivity index (χ1n) is 6.25. The van der Waals surface area contributed by atoms with Crippen LogP contribution < -0.4 is 5.32 Å². The van der Waals surface area contributed by atoms with Gasteiger partial charge in [-0.1, -0.05) is 12.1 Å². The highest BCUT2D eigenvalue weighted by Gasteiger charge is 2.21. The number of hydrogen-bond donors (Lipinski definition) is 1. The van der Waals surface area contributed by atoms with Crippen molar-refractivity contribution in [3.05, 3.63) is 58.4 Å². The molecule has 0 unspecified atom stereocenters. The second-order valence-electron chi connectivity index (χ2n) is 4.96. The molecule has 3 rings (SSSR count). The van der Waals surface area contributed by atoms with E-state index in [1.54, 1.807) is 6.07 Å². The van der Waals surface area contributed by atoms with Crippen LogP contribution in [0.3, 0.4) is 0 Å². The van der Waals surface area contributed by atoms with E-state index < -0.39 is 0 Å². The Morgan fingerprint density at radius 1 is 1.16 bits per heavy atom. The molecule has 19 heavy (non-hydrogen) atoms.